The normalized spacial score (nSPS) is 12.7. The summed E-state index contributed by atoms with van der Waals surface area (Å²) in [7, 11) is 0. The molecule has 0 fully saturated rings. The highest BCUT2D eigenvalue weighted by Crippen LogP contribution is 2.17. The van der Waals surface area contributed by atoms with Crippen LogP contribution < -0.4 is 11.3 Å². The van der Waals surface area contributed by atoms with Crippen LogP contribution in [-0.4, -0.2) is 9.97 Å². The lowest BCUT2D eigenvalue weighted by atomic mass is 10.0. The fraction of sp³-hybridized carbons (Fsp3) is 0.812. The third kappa shape index (κ3) is 7.65. The fourth-order valence-electron chi connectivity index (χ4n) is 2.60. The van der Waals surface area contributed by atoms with Crippen LogP contribution in [0.2, 0.25) is 0 Å². The van der Waals surface area contributed by atoms with E-state index in [0.717, 1.165) is 12.2 Å². The van der Waals surface area contributed by atoms with Gasteiger partial charge >= 0.3 is 0 Å². The minimum absolute atomic E-state index is 0.166. The smallest absolute Gasteiger partial charge is 0.124 e. The molecular weight excluding hydrogens is 248 g/mol. The van der Waals surface area contributed by atoms with Crippen LogP contribution in [0.25, 0.3) is 0 Å². The van der Waals surface area contributed by atoms with Crippen LogP contribution >= 0.6 is 0 Å². The molecule has 0 spiro atoms. The van der Waals surface area contributed by atoms with Gasteiger partial charge in [-0.05, 0) is 6.42 Å². The Hall–Kier alpha value is -0.870. The van der Waals surface area contributed by atoms with Gasteiger partial charge in [-0.1, -0.05) is 71.1 Å². The lowest BCUT2D eigenvalue weighted by Crippen LogP contribution is -2.28. The molecule has 0 saturated heterocycles. The summed E-state index contributed by atoms with van der Waals surface area (Å²) in [6, 6.07) is 0.166. The molecule has 0 aliphatic heterocycles. The molecule has 1 aromatic rings. The Morgan fingerprint density at radius 2 is 1.65 bits per heavy atom. The van der Waals surface area contributed by atoms with Gasteiger partial charge in [0.2, 0.25) is 0 Å². The van der Waals surface area contributed by atoms with Crippen molar-refractivity contribution in [2.45, 2.75) is 83.6 Å². The van der Waals surface area contributed by atoms with Crippen molar-refractivity contribution < 1.29 is 0 Å². The van der Waals surface area contributed by atoms with E-state index in [-0.39, 0.29) is 6.04 Å². The third-order valence-electron chi connectivity index (χ3n) is 3.90. The number of rotatable bonds is 13. The first-order chi connectivity index (χ1) is 9.88. The maximum Gasteiger partial charge on any atom is 0.124 e. The van der Waals surface area contributed by atoms with Gasteiger partial charge in [-0.2, -0.15) is 0 Å². The number of hydrogen-bond acceptors (Lipinski definition) is 3. The largest absolute Gasteiger partial charge is 0.347 e. The lowest BCUT2D eigenvalue weighted by Gasteiger charge is -2.12. The van der Waals surface area contributed by atoms with Crippen molar-refractivity contribution in [1.29, 1.82) is 0 Å². The Morgan fingerprint density at radius 1 is 1.05 bits per heavy atom. The molecular formula is C16H32N4. The number of unbranched alkanes of at least 4 members (excludes halogenated alkanes) is 9. The SMILES string of the molecule is CCCCCCCCCCCCC(NN)c1ncc[nH]1. The number of aromatic nitrogens is 2. The summed E-state index contributed by atoms with van der Waals surface area (Å²) in [5.41, 5.74) is 2.84. The van der Waals surface area contributed by atoms with Gasteiger partial charge in [-0.25, -0.2) is 10.4 Å². The minimum Gasteiger partial charge on any atom is -0.347 e. The van der Waals surface area contributed by atoms with Gasteiger partial charge in [0.1, 0.15) is 5.82 Å². The van der Waals surface area contributed by atoms with Crippen molar-refractivity contribution in [3.63, 3.8) is 0 Å². The summed E-state index contributed by atoms with van der Waals surface area (Å²) < 4.78 is 0. The van der Waals surface area contributed by atoms with Crippen molar-refractivity contribution in [2.24, 2.45) is 5.84 Å². The monoisotopic (exact) mass is 280 g/mol. The Morgan fingerprint density at radius 3 is 2.15 bits per heavy atom. The average molecular weight is 280 g/mol. The van der Waals surface area contributed by atoms with Crippen LogP contribution in [0.4, 0.5) is 0 Å². The van der Waals surface area contributed by atoms with Gasteiger partial charge in [-0.3, -0.25) is 5.84 Å². The van der Waals surface area contributed by atoms with Crippen molar-refractivity contribution in [1.82, 2.24) is 15.4 Å². The Labute approximate surface area is 123 Å². The van der Waals surface area contributed by atoms with Crippen LogP contribution in [0.3, 0.4) is 0 Å². The third-order valence-corrected chi connectivity index (χ3v) is 3.90. The van der Waals surface area contributed by atoms with E-state index >= 15 is 0 Å². The quantitative estimate of drug-likeness (QED) is 0.288. The lowest BCUT2D eigenvalue weighted by molar-refractivity contribution is 0.459. The van der Waals surface area contributed by atoms with Crippen molar-refractivity contribution >= 4 is 0 Å². The highest BCUT2D eigenvalue weighted by atomic mass is 15.2. The molecule has 0 aromatic carbocycles. The first-order valence-corrected chi connectivity index (χ1v) is 8.34. The molecule has 1 unspecified atom stereocenters. The molecule has 4 N–H and O–H groups in total. The molecule has 1 heterocycles. The van der Waals surface area contributed by atoms with Crippen LogP contribution in [0.5, 0.6) is 0 Å². The molecule has 0 saturated carbocycles. The summed E-state index contributed by atoms with van der Waals surface area (Å²) in [5.74, 6) is 6.52. The summed E-state index contributed by atoms with van der Waals surface area (Å²) in [6.07, 6.45) is 18.3. The zero-order valence-corrected chi connectivity index (χ0v) is 13.0. The number of nitrogens with two attached hydrogens (primary N) is 1. The number of aromatic amines is 1. The number of nitrogens with one attached hydrogen (secondary N) is 2. The number of imidazole rings is 1. The van der Waals surface area contributed by atoms with E-state index in [1.807, 2.05) is 6.20 Å². The second kappa shape index (κ2) is 11.9. The van der Waals surface area contributed by atoms with E-state index in [0.29, 0.717) is 0 Å². The van der Waals surface area contributed by atoms with Gasteiger partial charge in [-0.15, -0.1) is 0 Å². The van der Waals surface area contributed by atoms with Crippen molar-refractivity contribution in [2.75, 3.05) is 0 Å². The summed E-state index contributed by atoms with van der Waals surface area (Å²) in [4.78, 5) is 7.37. The molecule has 0 bridgehead atoms. The first-order valence-electron chi connectivity index (χ1n) is 8.34. The predicted octanol–water partition coefficient (Wildman–Crippen LogP) is 4.23. The van der Waals surface area contributed by atoms with Crippen LogP contribution in [0.1, 0.15) is 89.4 Å². The Balaban J connectivity index is 1.91. The van der Waals surface area contributed by atoms with Gasteiger partial charge in [0, 0.05) is 12.4 Å². The standard InChI is InChI=1S/C16H32N4/c1-2-3-4-5-6-7-8-9-10-11-12-15(20-17)16-18-13-14-19-16/h13-15,20H,2-12,17H2,1H3,(H,18,19). The maximum atomic E-state index is 5.57. The van der Waals surface area contributed by atoms with Gasteiger partial charge < -0.3 is 4.98 Å². The van der Waals surface area contributed by atoms with Crippen LogP contribution in [0, 0.1) is 0 Å². The van der Waals surface area contributed by atoms with E-state index in [1.165, 1.54) is 64.2 Å². The second-order valence-electron chi connectivity index (χ2n) is 5.66. The molecule has 1 rings (SSSR count). The Bertz CT molecular complexity index is 297. The van der Waals surface area contributed by atoms with Crippen molar-refractivity contribution in [3.05, 3.63) is 18.2 Å². The molecule has 0 aliphatic carbocycles. The molecule has 4 heteroatoms. The predicted molar refractivity (Wildman–Crippen MR) is 85.1 cm³/mol. The molecule has 0 aliphatic rings. The topological polar surface area (TPSA) is 66.7 Å². The first kappa shape index (κ1) is 17.2. The van der Waals surface area contributed by atoms with E-state index < -0.39 is 0 Å². The van der Waals surface area contributed by atoms with E-state index in [2.05, 4.69) is 22.3 Å². The number of hydrazine groups is 1. The molecule has 0 radical (unpaired) electrons. The molecule has 20 heavy (non-hydrogen) atoms. The molecule has 1 atom stereocenters. The summed E-state index contributed by atoms with van der Waals surface area (Å²) in [5, 5.41) is 0. The highest BCUT2D eigenvalue weighted by molar-refractivity contribution is 4.94. The second-order valence-corrected chi connectivity index (χ2v) is 5.66. The van der Waals surface area contributed by atoms with Gasteiger partial charge in [0.15, 0.2) is 0 Å². The molecule has 1 aromatic heterocycles. The van der Waals surface area contributed by atoms with Crippen molar-refractivity contribution in [3.8, 4) is 0 Å². The minimum atomic E-state index is 0.166. The number of H-pyrrole nitrogens is 1. The summed E-state index contributed by atoms with van der Waals surface area (Å²) >= 11 is 0. The number of hydrogen-bond donors (Lipinski definition) is 3. The molecule has 4 nitrogen and oxygen atoms in total. The fourth-order valence-corrected chi connectivity index (χ4v) is 2.60. The highest BCUT2D eigenvalue weighted by Gasteiger charge is 2.10. The zero-order chi connectivity index (χ0) is 14.5. The van der Waals surface area contributed by atoms with Crippen LogP contribution in [0.15, 0.2) is 12.4 Å². The zero-order valence-electron chi connectivity index (χ0n) is 13.0. The summed E-state index contributed by atoms with van der Waals surface area (Å²) in [6.45, 7) is 2.27. The molecule has 116 valence electrons. The molecule has 0 amide bonds. The number of nitrogens with zero attached hydrogens (tertiary/aromatic N) is 1. The van der Waals surface area contributed by atoms with E-state index in [4.69, 9.17) is 5.84 Å². The van der Waals surface area contributed by atoms with Gasteiger partial charge in [0.25, 0.3) is 0 Å². The Kier molecular flexibility index (Phi) is 10.2. The van der Waals surface area contributed by atoms with E-state index in [1.54, 1.807) is 6.20 Å². The van der Waals surface area contributed by atoms with E-state index in [9.17, 15) is 0 Å². The average Bonchev–Trinajstić information content (AvgIpc) is 2.99. The van der Waals surface area contributed by atoms with Gasteiger partial charge in [0.05, 0.1) is 6.04 Å². The maximum absolute atomic E-state index is 5.57. The van der Waals surface area contributed by atoms with Crippen LogP contribution in [-0.2, 0) is 0 Å².